The predicted molar refractivity (Wildman–Crippen MR) is 354 cm³/mol. The van der Waals surface area contributed by atoms with Gasteiger partial charge in [-0.2, -0.15) is 0 Å². The van der Waals surface area contributed by atoms with E-state index >= 15 is 0 Å². The molecule has 0 saturated carbocycles. The van der Waals surface area contributed by atoms with Gasteiger partial charge in [0.15, 0.2) is 12.2 Å². The predicted octanol–water partition coefficient (Wildman–Crippen LogP) is 19.5. The monoisotopic (exact) mass is 1300 g/mol. The number of aliphatic hydroxyl groups is 1. The van der Waals surface area contributed by atoms with E-state index in [2.05, 4.69) is 48.5 Å². The Kier molecular flexibility index (Phi) is 58.7. The highest BCUT2D eigenvalue weighted by molar-refractivity contribution is 7.47. The summed E-state index contributed by atoms with van der Waals surface area (Å²) in [5.74, 6) is -0.0266. The lowest BCUT2D eigenvalue weighted by atomic mass is 10.0. The van der Waals surface area contributed by atoms with E-state index in [1.165, 1.54) is 148 Å². The number of phosphoric ester groups is 2. The van der Waals surface area contributed by atoms with E-state index in [0.29, 0.717) is 37.5 Å². The van der Waals surface area contributed by atoms with Gasteiger partial charge >= 0.3 is 39.5 Å². The lowest BCUT2D eigenvalue weighted by Gasteiger charge is -2.21. The molecule has 2 unspecified atom stereocenters. The van der Waals surface area contributed by atoms with Crippen LogP contribution in [0.5, 0.6) is 0 Å². The van der Waals surface area contributed by atoms with Crippen molar-refractivity contribution < 1.29 is 80.2 Å². The molecule has 0 aromatic carbocycles. The van der Waals surface area contributed by atoms with E-state index in [4.69, 9.17) is 37.0 Å². The minimum Gasteiger partial charge on any atom is -0.462 e. The largest absolute Gasteiger partial charge is 0.472 e. The van der Waals surface area contributed by atoms with Crippen molar-refractivity contribution >= 4 is 39.5 Å². The van der Waals surface area contributed by atoms with Gasteiger partial charge in [-0.1, -0.05) is 292 Å². The highest BCUT2D eigenvalue weighted by atomic mass is 31.2. The maximum atomic E-state index is 13.0. The van der Waals surface area contributed by atoms with Crippen LogP contribution in [0, 0.1) is 17.8 Å². The van der Waals surface area contributed by atoms with E-state index in [1.54, 1.807) is 0 Å². The van der Waals surface area contributed by atoms with Gasteiger partial charge in [0.2, 0.25) is 0 Å². The molecule has 0 aliphatic carbocycles. The average molecular weight is 1300 g/mol. The molecular weight excluding hydrogens is 1160 g/mol. The second kappa shape index (κ2) is 60.0. The first-order valence-corrected chi connectivity index (χ1v) is 38.8. The lowest BCUT2D eigenvalue weighted by Crippen LogP contribution is -2.30. The molecular formula is C69H134O17P2. The van der Waals surface area contributed by atoms with Gasteiger partial charge in [0.1, 0.15) is 19.3 Å². The van der Waals surface area contributed by atoms with Crippen molar-refractivity contribution in [3.05, 3.63) is 0 Å². The summed E-state index contributed by atoms with van der Waals surface area (Å²) in [6, 6.07) is 0. The van der Waals surface area contributed by atoms with Gasteiger partial charge in [-0.15, -0.1) is 0 Å². The molecule has 5 atom stereocenters. The zero-order chi connectivity index (χ0) is 65.2. The molecule has 3 N–H and O–H groups in total. The molecule has 0 radical (unpaired) electrons. The number of esters is 4. The molecule has 0 aliphatic heterocycles. The van der Waals surface area contributed by atoms with Crippen LogP contribution in [0.3, 0.4) is 0 Å². The standard InChI is InChI=1S/C69H134O17P2/c1-8-9-10-11-12-13-14-15-16-17-18-19-20-25-28-38-45-52-68(73)85-64(56-79-66(71)50-43-36-27-24-22-21-23-26-33-40-47-60(2)3)58-83-87(75,76)81-54-63(70)55-82-88(77,78)84-59-65(86-69(74)53-46-39-32-30-35-42-49-62(6)7)57-80-67(72)51-44-37-31-29-34-41-48-61(4)5/h60-65,70H,8-59H2,1-7H3,(H,75,76)(H,77,78)/t63-,64-,65-/m1/s1. The van der Waals surface area contributed by atoms with Gasteiger partial charge in [0.25, 0.3) is 0 Å². The maximum absolute atomic E-state index is 13.0. The third-order valence-electron chi connectivity index (χ3n) is 15.9. The fraction of sp³-hybridized carbons (Fsp3) is 0.942. The molecule has 0 aliphatic rings. The van der Waals surface area contributed by atoms with Crippen molar-refractivity contribution in [1.82, 2.24) is 0 Å². The van der Waals surface area contributed by atoms with Gasteiger partial charge in [0, 0.05) is 25.7 Å². The molecule has 17 nitrogen and oxygen atoms in total. The fourth-order valence-corrected chi connectivity index (χ4v) is 11.9. The number of hydrogen-bond acceptors (Lipinski definition) is 15. The molecule has 0 aromatic rings. The van der Waals surface area contributed by atoms with Crippen molar-refractivity contribution in [2.75, 3.05) is 39.6 Å². The topological polar surface area (TPSA) is 237 Å². The number of hydrogen-bond donors (Lipinski definition) is 3. The van der Waals surface area contributed by atoms with Crippen molar-refractivity contribution in [2.24, 2.45) is 17.8 Å². The van der Waals surface area contributed by atoms with Gasteiger partial charge in [0.05, 0.1) is 26.4 Å². The van der Waals surface area contributed by atoms with E-state index in [0.717, 1.165) is 102 Å². The van der Waals surface area contributed by atoms with Gasteiger partial charge in [-0.05, 0) is 43.4 Å². The quantitative estimate of drug-likeness (QED) is 0.0222. The molecule has 0 heterocycles. The molecule has 0 spiro atoms. The maximum Gasteiger partial charge on any atom is 0.472 e. The minimum atomic E-state index is -4.95. The Morgan fingerprint density at radius 1 is 0.307 bits per heavy atom. The summed E-state index contributed by atoms with van der Waals surface area (Å²) in [5.41, 5.74) is 0. The highest BCUT2D eigenvalue weighted by Crippen LogP contribution is 2.45. The Morgan fingerprint density at radius 3 is 0.773 bits per heavy atom. The first kappa shape index (κ1) is 86.1. The fourth-order valence-electron chi connectivity index (χ4n) is 10.4. The summed E-state index contributed by atoms with van der Waals surface area (Å²) < 4.78 is 68.2. The van der Waals surface area contributed by atoms with E-state index in [9.17, 15) is 43.2 Å². The van der Waals surface area contributed by atoms with E-state index in [-0.39, 0.29) is 25.7 Å². The van der Waals surface area contributed by atoms with Crippen molar-refractivity contribution in [3.63, 3.8) is 0 Å². The number of aliphatic hydroxyl groups excluding tert-OH is 1. The average Bonchev–Trinajstić information content (AvgIpc) is 3.53. The lowest BCUT2D eigenvalue weighted by molar-refractivity contribution is -0.161. The van der Waals surface area contributed by atoms with E-state index < -0.39 is 97.5 Å². The Bertz CT molecular complexity index is 1730. The Hall–Kier alpha value is -1.94. The second-order valence-corrected chi connectivity index (χ2v) is 29.3. The first-order valence-electron chi connectivity index (χ1n) is 35.8. The molecule has 0 saturated heterocycles. The Labute approximate surface area is 537 Å². The summed E-state index contributed by atoms with van der Waals surface area (Å²) in [4.78, 5) is 72.4. The van der Waals surface area contributed by atoms with Crippen LogP contribution in [-0.4, -0.2) is 96.7 Å². The SMILES string of the molecule is CCCCCCCCCCCCCCCCCCCC(=O)O[C@H](COC(=O)CCCCCCCCCCCCC(C)C)COP(=O)(O)OC[C@@H](O)COP(=O)(O)OC[C@@H](COC(=O)CCCCCCCCC(C)C)OC(=O)CCCCCCCCC(C)C. The molecule has 88 heavy (non-hydrogen) atoms. The van der Waals surface area contributed by atoms with Crippen LogP contribution in [0.4, 0.5) is 0 Å². The zero-order valence-corrected chi connectivity index (χ0v) is 59.0. The molecule has 0 amide bonds. The number of carbonyl (C=O) groups is 4. The molecule has 522 valence electrons. The number of phosphoric acid groups is 2. The van der Waals surface area contributed by atoms with Crippen molar-refractivity contribution in [3.8, 4) is 0 Å². The molecule has 19 heteroatoms. The highest BCUT2D eigenvalue weighted by Gasteiger charge is 2.30. The third kappa shape index (κ3) is 62.8. The molecule has 0 rings (SSSR count). The van der Waals surface area contributed by atoms with Crippen LogP contribution in [-0.2, 0) is 65.4 Å². The second-order valence-electron chi connectivity index (χ2n) is 26.3. The summed E-state index contributed by atoms with van der Waals surface area (Å²) in [6.07, 6.45) is 43.4. The number of ether oxygens (including phenoxy) is 4. The Morgan fingerprint density at radius 2 is 0.523 bits per heavy atom. The summed E-state index contributed by atoms with van der Waals surface area (Å²) in [6.45, 7) is 11.7. The number of unbranched alkanes of at least 4 members (excludes halogenated alkanes) is 35. The smallest absolute Gasteiger partial charge is 0.462 e. The summed E-state index contributed by atoms with van der Waals surface area (Å²) in [5, 5.41) is 10.6. The zero-order valence-electron chi connectivity index (χ0n) is 57.2. The van der Waals surface area contributed by atoms with Gasteiger partial charge < -0.3 is 33.8 Å². The normalized spacial score (nSPS) is 14.2. The molecule has 0 bridgehead atoms. The van der Waals surface area contributed by atoms with Crippen LogP contribution < -0.4 is 0 Å². The molecule has 0 fully saturated rings. The van der Waals surface area contributed by atoms with Crippen LogP contribution in [0.25, 0.3) is 0 Å². The number of carbonyl (C=O) groups excluding carboxylic acids is 4. The minimum absolute atomic E-state index is 0.101. The van der Waals surface area contributed by atoms with Crippen LogP contribution in [0.1, 0.15) is 344 Å². The third-order valence-corrected chi connectivity index (χ3v) is 17.8. The van der Waals surface area contributed by atoms with Crippen LogP contribution in [0.2, 0.25) is 0 Å². The first-order chi connectivity index (χ1) is 42.2. The van der Waals surface area contributed by atoms with Gasteiger partial charge in [-0.25, -0.2) is 9.13 Å². The van der Waals surface area contributed by atoms with Crippen molar-refractivity contribution in [2.45, 2.75) is 362 Å². The summed E-state index contributed by atoms with van der Waals surface area (Å²) in [7, 11) is -9.90. The van der Waals surface area contributed by atoms with E-state index in [1.807, 2.05) is 0 Å². The van der Waals surface area contributed by atoms with Crippen molar-refractivity contribution in [1.29, 1.82) is 0 Å². The molecule has 0 aromatic heterocycles. The van der Waals surface area contributed by atoms with Gasteiger partial charge in [-0.3, -0.25) is 37.3 Å². The number of rotatable bonds is 67. The summed E-state index contributed by atoms with van der Waals surface area (Å²) >= 11 is 0. The Balaban J connectivity index is 5.22. The van der Waals surface area contributed by atoms with Crippen LogP contribution >= 0.6 is 15.6 Å². The van der Waals surface area contributed by atoms with Crippen LogP contribution in [0.15, 0.2) is 0 Å².